The van der Waals surface area contributed by atoms with Crippen molar-refractivity contribution in [2.75, 3.05) is 12.7 Å². The van der Waals surface area contributed by atoms with E-state index in [0.29, 0.717) is 18.3 Å². The summed E-state index contributed by atoms with van der Waals surface area (Å²) >= 11 is 0. The molecule has 94 valence electrons. The Balaban J connectivity index is 2.57. The molecule has 0 fully saturated rings. The first kappa shape index (κ1) is 13.9. The van der Waals surface area contributed by atoms with E-state index < -0.39 is 8.32 Å². The van der Waals surface area contributed by atoms with Crippen molar-refractivity contribution in [2.45, 2.75) is 19.5 Å². The van der Waals surface area contributed by atoms with E-state index in [-0.39, 0.29) is 5.91 Å². The number of nitrogens with two attached hydrogens (primary N) is 1. The van der Waals surface area contributed by atoms with Crippen molar-refractivity contribution in [3.8, 4) is 0 Å². The zero-order valence-electron chi connectivity index (χ0n) is 10.4. The van der Waals surface area contributed by atoms with Crippen LogP contribution in [0.4, 0.5) is 0 Å². The molecular weight excluding hydrogens is 232 g/mol. The molecule has 0 aliphatic heterocycles. The summed E-state index contributed by atoms with van der Waals surface area (Å²) in [4.78, 5) is 21.4. The van der Waals surface area contributed by atoms with Crippen LogP contribution in [0.25, 0.3) is 0 Å². The Hall–Kier alpha value is -1.17. The Bertz CT molecular complexity index is 371. The molecule has 0 spiro atoms. The number of hydrogen-bond acceptors (Lipinski definition) is 3. The van der Waals surface area contributed by atoms with Crippen LogP contribution in [-0.4, -0.2) is 31.7 Å². The number of carbonyl (C=O) groups excluding carboxylic acids is 1. The number of nitrogens with one attached hydrogen (secondary N) is 1. The van der Waals surface area contributed by atoms with E-state index in [4.69, 9.17) is 5.73 Å². The van der Waals surface area contributed by atoms with Crippen LogP contribution in [0.3, 0.4) is 0 Å². The van der Waals surface area contributed by atoms with Gasteiger partial charge in [-0.3, -0.25) is 4.79 Å². The van der Waals surface area contributed by atoms with Crippen LogP contribution in [0.2, 0.25) is 13.1 Å². The molecule has 0 saturated carbocycles. The average Bonchev–Trinajstić information content (AvgIpc) is 2.26. The first-order chi connectivity index (χ1) is 7.92. The van der Waals surface area contributed by atoms with Gasteiger partial charge in [0.15, 0.2) is 0 Å². The molecule has 1 amide bonds. The number of amides is 1. The van der Waals surface area contributed by atoms with Crippen molar-refractivity contribution in [1.29, 1.82) is 0 Å². The maximum absolute atomic E-state index is 11.7. The lowest BCUT2D eigenvalue weighted by atomic mass is 10.1. The van der Waals surface area contributed by atoms with Crippen LogP contribution < -0.4 is 11.1 Å². The highest BCUT2D eigenvalue weighted by molar-refractivity contribution is 6.70. The summed E-state index contributed by atoms with van der Waals surface area (Å²) in [6.07, 6.45) is 1.19. The maximum Gasteiger partial charge on any atom is 0.251 e. The fraction of sp³-hybridized carbons (Fsp3) is 0.417. The van der Waals surface area contributed by atoms with Gasteiger partial charge in [0.25, 0.3) is 5.91 Å². The second kappa shape index (κ2) is 5.95. The predicted molar refractivity (Wildman–Crippen MR) is 71.2 cm³/mol. The third-order valence-electron chi connectivity index (χ3n) is 2.33. The minimum absolute atomic E-state index is 0.140. The minimum atomic E-state index is -2.22. The van der Waals surface area contributed by atoms with Gasteiger partial charge >= 0.3 is 0 Å². The Labute approximate surface area is 103 Å². The van der Waals surface area contributed by atoms with Crippen LogP contribution in [0.15, 0.2) is 24.3 Å². The molecule has 0 unspecified atom stereocenters. The van der Waals surface area contributed by atoms with E-state index in [1.165, 1.54) is 0 Å². The summed E-state index contributed by atoms with van der Waals surface area (Å²) < 4.78 is 0. The molecule has 0 saturated heterocycles. The van der Waals surface area contributed by atoms with Crippen molar-refractivity contribution in [3.05, 3.63) is 35.4 Å². The van der Waals surface area contributed by atoms with Gasteiger partial charge in [-0.25, -0.2) is 0 Å². The molecule has 0 aromatic heterocycles. The summed E-state index contributed by atoms with van der Waals surface area (Å²) in [6, 6.07) is 7.38. The average molecular weight is 252 g/mol. The topological polar surface area (TPSA) is 75.3 Å². The summed E-state index contributed by atoms with van der Waals surface area (Å²) in [6.45, 7) is 4.19. The molecule has 4 N–H and O–H groups in total. The lowest BCUT2D eigenvalue weighted by Gasteiger charge is -2.14. The molecule has 17 heavy (non-hydrogen) atoms. The van der Waals surface area contributed by atoms with Crippen LogP contribution in [0.5, 0.6) is 0 Å². The summed E-state index contributed by atoms with van der Waals surface area (Å²) in [5, 5.41) is 2.74. The van der Waals surface area contributed by atoms with E-state index in [2.05, 4.69) is 5.32 Å². The van der Waals surface area contributed by atoms with E-state index in [9.17, 15) is 9.59 Å². The normalized spacial score (nSPS) is 11.3. The van der Waals surface area contributed by atoms with Gasteiger partial charge in [-0.1, -0.05) is 12.1 Å². The fourth-order valence-corrected chi connectivity index (χ4v) is 1.98. The van der Waals surface area contributed by atoms with E-state index >= 15 is 0 Å². The van der Waals surface area contributed by atoms with Gasteiger partial charge < -0.3 is 15.8 Å². The summed E-state index contributed by atoms with van der Waals surface area (Å²) in [7, 11) is -2.22. The van der Waals surface area contributed by atoms with Crippen LogP contribution >= 0.6 is 0 Å². The summed E-state index contributed by atoms with van der Waals surface area (Å²) in [5.74, 6) is -0.140. The molecule has 0 aliphatic rings. The molecular formula is C12H20N2O2Si. The second-order valence-corrected chi connectivity index (χ2v) is 8.71. The van der Waals surface area contributed by atoms with Gasteiger partial charge in [-0.15, -0.1) is 0 Å². The van der Waals surface area contributed by atoms with Crippen molar-refractivity contribution in [3.63, 3.8) is 0 Å². The zero-order valence-corrected chi connectivity index (χ0v) is 11.4. The largest absolute Gasteiger partial charge is 0.431 e. The monoisotopic (exact) mass is 252 g/mol. The van der Waals surface area contributed by atoms with Crippen molar-refractivity contribution < 1.29 is 9.59 Å². The standard InChI is InChI=1S/C12H20N2O2Si/c1-17(2,16)9-14-12(15)11-5-3-10(4-6-11)7-8-13/h3-6,16H,7-9,13H2,1-2H3,(H,14,15). The van der Waals surface area contributed by atoms with Crippen molar-refractivity contribution >= 4 is 14.2 Å². The number of carbonyl (C=O) groups is 1. The van der Waals surface area contributed by atoms with Gasteiger partial charge in [-0.2, -0.15) is 0 Å². The lowest BCUT2D eigenvalue weighted by Crippen LogP contribution is -2.42. The Morgan fingerprint density at radius 2 is 1.94 bits per heavy atom. The van der Waals surface area contributed by atoms with Gasteiger partial charge in [-0.05, 0) is 43.8 Å². The second-order valence-electron chi connectivity index (χ2n) is 4.73. The zero-order chi connectivity index (χ0) is 12.9. The van der Waals surface area contributed by atoms with Gasteiger partial charge in [0, 0.05) is 11.7 Å². The van der Waals surface area contributed by atoms with Gasteiger partial charge in [0.05, 0.1) is 0 Å². The SMILES string of the molecule is C[Si](C)(O)CNC(=O)c1ccc(CCN)cc1. The molecule has 0 heterocycles. The molecule has 1 rings (SSSR count). The fourth-order valence-electron chi connectivity index (χ4n) is 1.39. The Morgan fingerprint density at radius 3 is 2.41 bits per heavy atom. The Kier molecular flexibility index (Phi) is 4.86. The number of benzene rings is 1. The summed E-state index contributed by atoms with van der Waals surface area (Å²) in [5.41, 5.74) is 7.19. The number of rotatable bonds is 5. The maximum atomic E-state index is 11.7. The molecule has 0 atom stereocenters. The van der Waals surface area contributed by atoms with E-state index in [0.717, 1.165) is 12.0 Å². The highest BCUT2D eigenvalue weighted by Gasteiger charge is 2.18. The highest BCUT2D eigenvalue weighted by atomic mass is 28.4. The molecule has 1 aromatic rings. The Morgan fingerprint density at radius 1 is 1.35 bits per heavy atom. The lowest BCUT2D eigenvalue weighted by molar-refractivity contribution is 0.0958. The molecule has 5 heteroatoms. The van der Waals surface area contributed by atoms with Crippen molar-refractivity contribution in [2.24, 2.45) is 5.73 Å². The predicted octanol–water partition coefficient (Wildman–Crippen LogP) is 0.654. The van der Waals surface area contributed by atoms with E-state index in [1.807, 2.05) is 12.1 Å². The molecule has 0 aliphatic carbocycles. The first-order valence-corrected chi connectivity index (χ1v) is 8.87. The van der Waals surface area contributed by atoms with Crippen LogP contribution in [0.1, 0.15) is 15.9 Å². The quantitative estimate of drug-likeness (QED) is 0.674. The molecule has 1 aromatic carbocycles. The third kappa shape index (κ3) is 5.12. The van der Waals surface area contributed by atoms with Crippen LogP contribution in [0, 0.1) is 0 Å². The van der Waals surface area contributed by atoms with Crippen LogP contribution in [-0.2, 0) is 6.42 Å². The third-order valence-corrected chi connectivity index (χ3v) is 3.37. The molecule has 4 nitrogen and oxygen atoms in total. The van der Waals surface area contributed by atoms with E-state index in [1.54, 1.807) is 25.2 Å². The molecule has 0 radical (unpaired) electrons. The van der Waals surface area contributed by atoms with Gasteiger partial charge in [0.2, 0.25) is 8.32 Å². The smallest absolute Gasteiger partial charge is 0.251 e. The number of hydrogen-bond donors (Lipinski definition) is 3. The highest BCUT2D eigenvalue weighted by Crippen LogP contribution is 2.05. The van der Waals surface area contributed by atoms with Gasteiger partial charge in [0.1, 0.15) is 0 Å². The first-order valence-electron chi connectivity index (χ1n) is 5.72. The molecule has 0 bridgehead atoms. The van der Waals surface area contributed by atoms with Crippen molar-refractivity contribution in [1.82, 2.24) is 5.32 Å². The minimum Gasteiger partial charge on any atom is -0.431 e.